The number of hydrogen-bond donors (Lipinski definition) is 0. The lowest BCUT2D eigenvalue weighted by atomic mass is 10.0. The quantitative estimate of drug-likeness (QED) is 0.804. The van der Waals surface area contributed by atoms with Crippen molar-refractivity contribution in [2.75, 3.05) is 13.7 Å². The van der Waals surface area contributed by atoms with E-state index in [0.29, 0.717) is 17.9 Å². The summed E-state index contributed by atoms with van der Waals surface area (Å²) in [5, 5.41) is 3.93. The van der Waals surface area contributed by atoms with E-state index in [0.717, 1.165) is 29.7 Å². The molecule has 2 aromatic rings. The Balaban J connectivity index is 2.14. The van der Waals surface area contributed by atoms with Crippen molar-refractivity contribution in [1.82, 2.24) is 0 Å². The standard InChI is InChI=1S/C15H16O4S/c1-3-18-10-4-5-11-12(10)13(15(16)17-2)14(19-11)9-6-7-20-8-9/h6-8,10H,3-5H2,1-2H3. The minimum atomic E-state index is -0.359. The van der Waals surface area contributed by atoms with Crippen molar-refractivity contribution in [3.05, 3.63) is 33.7 Å². The highest BCUT2D eigenvalue weighted by atomic mass is 32.1. The molecule has 1 aliphatic rings. The van der Waals surface area contributed by atoms with Crippen molar-refractivity contribution in [3.63, 3.8) is 0 Å². The average Bonchev–Trinajstić information content (AvgIpc) is 3.14. The molecule has 0 N–H and O–H groups in total. The molecule has 2 heterocycles. The van der Waals surface area contributed by atoms with Crippen molar-refractivity contribution in [3.8, 4) is 11.3 Å². The van der Waals surface area contributed by atoms with Crippen molar-refractivity contribution in [1.29, 1.82) is 0 Å². The topological polar surface area (TPSA) is 48.7 Å². The van der Waals surface area contributed by atoms with Gasteiger partial charge in [0.05, 0.1) is 13.2 Å². The van der Waals surface area contributed by atoms with E-state index in [9.17, 15) is 4.79 Å². The summed E-state index contributed by atoms with van der Waals surface area (Å²) in [5.74, 6) is 1.10. The van der Waals surface area contributed by atoms with Gasteiger partial charge in [-0.05, 0) is 24.8 Å². The maximum atomic E-state index is 12.2. The van der Waals surface area contributed by atoms with E-state index in [-0.39, 0.29) is 12.1 Å². The monoisotopic (exact) mass is 292 g/mol. The van der Waals surface area contributed by atoms with Crippen LogP contribution in [0.5, 0.6) is 0 Å². The number of hydrogen-bond acceptors (Lipinski definition) is 5. The first-order valence-electron chi connectivity index (χ1n) is 6.64. The highest BCUT2D eigenvalue weighted by Gasteiger charge is 2.36. The molecule has 1 aliphatic carbocycles. The molecule has 0 saturated heterocycles. The van der Waals surface area contributed by atoms with Gasteiger partial charge in [0.2, 0.25) is 0 Å². The summed E-state index contributed by atoms with van der Waals surface area (Å²) < 4.78 is 16.6. The number of esters is 1. The van der Waals surface area contributed by atoms with Gasteiger partial charge < -0.3 is 13.9 Å². The molecule has 20 heavy (non-hydrogen) atoms. The molecule has 5 heteroatoms. The molecular formula is C15H16O4S. The number of thiophene rings is 1. The van der Waals surface area contributed by atoms with Crippen LogP contribution in [0.1, 0.15) is 41.1 Å². The summed E-state index contributed by atoms with van der Waals surface area (Å²) in [4.78, 5) is 12.2. The third kappa shape index (κ3) is 2.07. The number of aryl methyl sites for hydroxylation is 1. The SMILES string of the molecule is CCOC1CCc2oc(-c3ccsc3)c(C(=O)OC)c21. The van der Waals surface area contributed by atoms with Crippen molar-refractivity contribution in [2.45, 2.75) is 25.9 Å². The number of fused-ring (bicyclic) bond motifs is 1. The fourth-order valence-corrected chi connectivity index (χ4v) is 3.33. The predicted octanol–water partition coefficient (Wildman–Crippen LogP) is 3.82. The van der Waals surface area contributed by atoms with E-state index in [1.165, 1.54) is 7.11 Å². The summed E-state index contributed by atoms with van der Waals surface area (Å²) in [7, 11) is 1.39. The Labute approximate surface area is 121 Å². The third-order valence-electron chi connectivity index (χ3n) is 3.52. The number of carbonyl (C=O) groups is 1. The number of furan rings is 1. The van der Waals surface area contributed by atoms with Crippen LogP contribution in [0.3, 0.4) is 0 Å². The van der Waals surface area contributed by atoms with Crippen LogP contribution in [-0.4, -0.2) is 19.7 Å². The van der Waals surface area contributed by atoms with Gasteiger partial charge >= 0.3 is 5.97 Å². The summed E-state index contributed by atoms with van der Waals surface area (Å²) >= 11 is 1.57. The average molecular weight is 292 g/mol. The normalized spacial score (nSPS) is 17.2. The van der Waals surface area contributed by atoms with Gasteiger partial charge in [0.1, 0.15) is 17.1 Å². The third-order valence-corrected chi connectivity index (χ3v) is 4.20. The molecule has 1 unspecified atom stereocenters. The molecule has 0 aliphatic heterocycles. The molecule has 3 rings (SSSR count). The zero-order valence-electron chi connectivity index (χ0n) is 11.5. The van der Waals surface area contributed by atoms with E-state index in [1.54, 1.807) is 11.3 Å². The van der Waals surface area contributed by atoms with Gasteiger partial charge in [-0.15, -0.1) is 0 Å². The van der Waals surface area contributed by atoms with Crippen LogP contribution in [-0.2, 0) is 15.9 Å². The van der Waals surface area contributed by atoms with E-state index < -0.39 is 0 Å². The van der Waals surface area contributed by atoms with E-state index in [2.05, 4.69) is 0 Å². The first-order chi connectivity index (χ1) is 9.76. The minimum Gasteiger partial charge on any atom is -0.465 e. The van der Waals surface area contributed by atoms with Crippen LogP contribution >= 0.6 is 11.3 Å². The predicted molar refractivity (Wildman–Crippen MR) is 76.0 cm³/mol. The fourth-order valence-electron chi connectivity index (χ4n) is 2.69. The smallest absolute Gasteiger partial charge is 0.342 e. The lowest BCUT2D eigenvalue weighted by Crippen LogP contribution is -2.08. The molecular weight excluding hydrogens is 276 g/mol. The lowest BCUT2D eigenvalue weighted by molar-refractivity contribution is 0.0542. The van der Waals surface area contributed by atoms with Gasteiger partial charge in [-0.2, -0.15) is 11.3 Å². The second kappa shape index (κ2) is 5.42. The first-order valence-corrected chi connectivity index (χ1v) is 7.58. The lowest BCUT2D eigenvalue weighted by Gasteiger charge is -2.11. The van der Waals surface area contributed by atoms with E-state index >= 15 is 0 Å². The summed E-state index contributed by atoms with van der Waals surface area (Å²) in [5.41, 5.74) is 2.32. The number of ether oxygens (including phenoxy) is 2. The molecule has 0 fully saturated rings. The van der Waals surface area contributed by atoms with E-state index in [1.807, 2.05) is 23.8 Å². The minimum absolute atomic E-state index is 0.0692. The van der Waals surface area contributed by atoms with Gasteiger partial charge in [-0.25, -0.2) is 4.79 Å². The highest BCUT2D eigenvalue weighted by Crippen LogP contribution is 2.43. The van der Waals surface area contributed by atoms with Crippen LogP contribution in [0.25, 0.3) is 11.3 Å². The molecule has 4 nitrogen and oxygen atoms in total. The first kappa shape index (κ1) is 13.4. The molecule has 106 valence electrons. The summed E-state index contributed by atoms with van der Waals surface area (Å²) in [6.07, 6.45) is 1.59. The Kier molecular flexibility index (Phi) is 3.63. The van der Waals surface area contributed by atoms with Crippen molar-refractivity contribution >= 4 is 17.3 Å². The Bertz CT molecular complexity index is 612. The second-order valence-corrected chi connectivity index (χ2v) is 5.41. The molecule has 0 spiro atoms. The Hall–Kier alpha value is -1.59. The number of methoxy groups -OCH3 is 1. The van der Waals surface area contributed by atoms with E-state index in [4.69, 9.17) is 13.9 Å². The van der Waals surface area contributed by atoms with Crippen LogP contribution in [0.2, 0.25) is 0 Å². The number of rotatable bonds is 4. The zero-order valence-corrected chi connectivity index (χ0v) is 12.3. The Morgan fingerprint density at radius 2 is 2.40 bits per heavy atom. The maximum Gasteiger partial charge on any atom is 0.342 e. The molecule has 0 saturated carbocycles. The molecule has 1 atom stereocenters. The van der Waals surface area contributed by atoms with Gasteiger partial charge in [0.25, 0.3) is 0 Å². The van der Waals surface area contributed by atoms with Crippen LogP contribution in [0, 0.1) is 0 Å². The van der Waals surface area contributed by atoms with Crippen molar-refractivity contribution < 1.29 is 18.7 Å². The Morgan fingerprint density at radius 1 is 1.55 bits per heavy atom. The van der Waals surface area contributed by atoms with Crippen LogP contribution in [0.15, 0.2) is 21.2 Å². The Morgan fingerprint density at radius 3 is 3.05 bits per heavy atom. The van der Waals surface area contributed by atoms with Gasteiger partial charge in [0, 0.05) is 29.5 Å². The largest absolute Gasteiger partial charge is 0.465 e. The fraction of sp³-hybridized carbons (Fsp3) is 0.400. The maximum absolute atomic E-state index is 12.2. The van der Waals surface area contributed by atoms with Gasteiger partial charge in [-0.3, -0.25) is 0 Å². The van der Waals surface area contributed by atoms with Crippen LogP contribution in [0.4, 0.5) is 0 Å². The van der Waals surface area contributed by atoms with Crippen molar-refractivity contribution in [2.24, 2.45) is 0 Å². The number of carbonyl (C=O) groups excluding carboxylic acids is 1. The zero-order chi connectivity index (χ0) is 14.1. The summed E-state index contributed by atoms with van der Waals surface area (Å²) in [6.45, 7) is 2.57. The highest BCUT2D eigenvalue weighted by molar-refractivity contribution is 7.08. The second-order valence-electron chi connectivity index (χ2n) is 4.63. The molecule has 0 radical (unpaired) electrons. The molecule has 2 aromatic heterocycles. The van der Waals surface area contributed by atoms with Gasteiger partial charge in [-0.1, -0.05) is 0 Å². The molecule has 0 bridgehead atoms. The summed E-state index contributed by atoms with van der Waals surface area (Å²) in [6, 6.07) is 1.95. The molecule has 0 aromatic carbocycles. The van der Waals surface area contributed by atoms with Gasteiger partial charge in [0.15, 0.2) is 0 Å². The van der Waals surface area contributed by atoms with Crippen LogP contribution < -0.4 is 0 Å². The molecule has 0 amide bonds.